The lowest BCUT2D eigenvalue weighted by Crippen LogP contribution is -2.57. The maximum absolute atomic E-state index is 11.7. The van der Waals surface area contributed by atoms with Crippen LogP contribution in [-0.4, -0.2) is 36.5 Å². The smallest absolute Gasteiger partial charge is 0.237 e. The number of nitrogens with zero attached hydrogens (tertiary/aromatic N) is 1. The van der Waals surface area contributed by atoms with E-state index in [1.54, 1.807) is 7.11 Å². The maximum Gasteiger partial charge on any atom is 0.237 e. The molecule has 0 saturated carbocycles. The summed E-state index contributed by atoms with van der Waals surface area (Å²) in [6.45, 7) is 5.66. The summed E-state index contributed by atoms with van der Waals surface area (Å²) in [5.74, 6) is 0.971. The van der Waals surface area contributed by atoms with Crippen molar-refractivity contribution in [3.8, 4) is 5.75 Å². The Hall–Kier alpha value is -1.55. The molecule has 98 valence electrons. The molecule has 1 aliphatic heterocycles. The van der Waals surface area contributed by atoms with Crippen molar-refractivity contribution < 1.29 is 9.53 Å². The Bertz CT molecular complexity index is 416. The van der Waals surface area contributed by atoms with Gasteiger partial charge in [0.1, 0.15) is 5.75 Å². The van der Waals surface area contributed by atoms with Crippen LogP contribution in [0.15, 0.2) is 24.3 Å². The van der Waals surface area contributed by atoms with Gasteiger partial charge in [-0.15, -0.1) is 0 Å². The number of carbonyl (C=O) groups excluding carboxylic acids is 1. The van der Waals surface area contributed by atoms with Gasteiger partial charge >= 0.3 is 0 Å². The van der Waals surface area contributed by atoms with E-state index >= 15 is 0 Å². The highest BCUT2D eigenvalue weighted by Gasteiger charge is 2.28. The molecule has 0 aromatic heterocycles. The Labute approximate surface area is 108 Å². The normalized spacial score (nSPS) is 24.7. The number of piperazine rings is 1. The van der Waals surface area contributed by atoms with Gasteiger partial charge in [-0.05, 0) is 31.5 Å². The summed E-state index contributed by atoms with van der Waals surface area (Å²) in [5, 5.41) is 2.96. The van der Waals surface area contributed by atoms with Crippen LogP contribution in [0.25, 0.3) is 0 Å². The highest BCUT2D eigenvalue weighted by molar-refractivity contribution is 5.82. The van der Waals surface area contributed by atoms with Crippen molar-refractivity contribution >= 4 is 5.91 Å². The monoisotopic (exact) mass is 248 g/mol. The Morgan fingerprint density at radius 1 is 1.33 bits per heavy atom. The molecule has 0 spiro atoms. The van der Waals surface area contributed by atoms with E-state index in [0.717, 1.165) is 18.8 Å². The molecule has 1 saturated heterocycles. The third-order valence-electron chi connectivity index (χ3n) is 3.37. The number of hydrogen-bond donors (Lipinski definition) is 1. The van der Waals surface area contributed by atoms with Gasteiger partial charge in [-0.2, -0.15) is 0 Å². The molecule has 4 heteroatoms. The van der Waals surface area contributed by atoms with Crippen molar-refractivity contribution in [1.82, 2.24) is 10.2 Å². The maximum atomic E-state index is 11.7. The molecule has 2 atom stereocenters. The van der Waals surface area contributed by atoms with Crippen LogP contribution in [0.1, 0.15) is 19.4 Å². The van der Waals surface area contributed by atoms with Crippen molar-refractivity contribution in [2.24, 2.45) is 0 Å². The van der Waals surface area contributed by atoms with Crippen LogP contribution in [0, 0.1) is 0 Å². The van der Waals surface area contributed by atoms with Crippen molar-refractivity contribution in [1.29, 1.82) is 0 Å². The van der Waals surface area contributed by atoms with Gasteiger partial charge in [0.15, 0.2) is 0 Å². The van der Waals surface area contributed by atoms with E-state index in [4.69, 9.17) is 4.74 Å². The fourth-order valence-corrected chi connectivity index (χ4v) is 2.25. The fourth-order valence-electron chi connectivity index (χ4n) is 2.25. The van der Waals surface area contributed by atoms with E-state index in [1.165, 1.54) is 5.56 Å². The SMILES string of the molecule is COc1ccc(CN2CC(C)NC(=O)C2C)cc1. The van der Waals surface area contributed by atoms with Crippen LogP contribution in [0.3, 0.4) is 0 Å². The molecule has 1 N–H and O–H groups in total. The van der Waals surface area contributed by atoms with Gasteiger partial charge in [0, 0.05) is 19.1 Å². The first kappa shape index (κ1) is 12.9. The Morgan fingerprint density at radius 3 is 2.61 bits per heavy atom. The van der Waals surface area contributed by atoms with Crippen LogP contribution in [0.4, 0.5) is 0 Å². The second-order valence-electron chi connectivity index (χ2n) is 4.86. The lowest BCUT2D eigenvalue weighted by atomic mass is 10.1. The first-order chi connectivity index (χ1) is 8.60. The number of amides is 1. The van der Waals surface area contributed by atoms with E-state index in [2.05, 4.69) is 10.2 Å². The molecule has 2 rings (SSSR count). The minimum atomic E-state index is -0.0664. The van der Waals surface area contributed by atoms with Crippen molar-refractivity contribution in [3.63, 3.8) is 0 Å². The third-order valence-corrected chi connectivity index (χ3v) is 3.37. The van der Waals surface area contributed by atoms with E-state index in [9.17, 15) is 4.79 Å². The lowest BCUT2D eigenvalue weighted by Gasteiger charge is -2.36. The van der Waals surface area contributed by atoms with E-state index in [1.807, 2.05) is 38.1 Å². The molecule has 0 aliphatic carbocycles. The summed E-state index contributed by atoms with van der Waals surface area (Å²) in [7, 11) is 1.66. The van der Waals surface area contributed by atoms with Gasteiger partial charge in [-0.25, -0.2) is 0 Å². The molecule has 0 bridgehead atoms. The van der Waals surface area contributed by atoms with Crippen molar-refractivity contribution in [2.45, 2.75) is 32.5 Å². The van der Waals surface area contributed by atoms with E-state index in [-0.39, 0.29) is 18.0 Å². The molecule has 2 unspecified atom stereocenters. The van der Waals surface area contributed by atoms with Crippen molar-refractivity contribution in [2.75, 3.05) is 13.7 Å². The average Bonchev–Trinajstić information content (AvgIpc) is 2.36. The van der Waals surface area contributed by atoms with Crippen LogP contribution < -0.4 is 10.1 Å². The molecule has 18 heavy (non-hydrogen) atoms. The minimum absolute atomic E-state index is 0.0664. The number of benzene rings is 1. The van der Waals surface area contributed by atoms with Gasteiger partial charge in [0.25, 0.3) is 0 Å². The standard InChI is InChI=1S/C14H20N2O2/c1-10-8-16(11(2)14(17)15-10)9-12-4-6-13(18-3)7-5-12/h4-7,10-11H,8-9H2,1-3H3,(H,15,17). The molecular formula is C14H20N2O2. The van der Waals surface area contributed by atoms with Gasteiger partial charge < -0.3 is 10.1 Å². The largest absolute Gasteiger partial charge is 0.497 e. The number of carbonyl (C=O) groups is 1. The first-order valence-electron chi connectivity index (χ1n) is 6.27. The van der Waals surface area contributed by atoms with Crippen molar-refractivity contribution in [3.05, 3.63) is 29.8 Å². The zero-order chi connectivity index (χ0) is 13.1. The van der Waals surface area contributed by atoms with E-state index < -0.39 is 0 Å². The zero-order valence-electron chi connectivity index (χ0n) is 11.1. The Kier molecular flexibility index (Phi) is 3.87. The molecule has 0 radical (unpaired) electrons. The predicted molar refractivity (Wildman–Crippen MR) is 70.5 cm³/mol. The molecular weight excluding hydrogens is 228 g/mol. The van der Waals surface area contributed by atoms with Gasteiger partial charge in [-0.3, -0.25) is 9.69 Å². The fraction of sp³-hybridized carbons (Fsp3) is 0.500. The van der Waals surface area contributed by atoms with Crippen LogP contribution in [0.2, 0.25) is 0 Å². The highest BCUT2D eigenvalue weighted by Crippen LogP contribution is 2.16. The summed E-state index contributed by atoms with van der Waals surface area (Å²) in [5.41, 5.74) is 1.20. The Balaban J connectivity index is 2.04. The number of ether oxygens (including phenoxy) is 1. The lowest BCUT2D eigenvalue weighted by molar-refractivity contribution is -0.130. The summed E-state index contributed by atoms with van der Waals surface area (Å²) < 4.78 is 5.14. The predicted octanol–water partition coefficient (Wildman–Crippen LogP) is 1.40. The summed E-state index contributed by atoms with van der Waals surface area (Å²) >= 11 is 0. The number of methoxy groups -OCH3 is 1. The zero-order valence-corrected chi connectivity index (χ0v) is 11.1. The highest BCUT2D eigenvalue weighted by atomic mass is 16.5. The Morgan fingerprint density at radius 2 is 2.00 bits per heavy atom. The summed E-state index contributed by atoms with van der Waals surface area (Å²) in [6, 6.07) is 8.14. The van der Waals surface area contributed by atoms with E-state index in [0.29, 0.717) is 0 Å². The molecule has 1 fully saturated rings. The van der Waals surface area contributed by atoms with Crippen LogP contribution in [-0.2, 0) is 11.3 Å². The quantitative estimate of drug-likeness (QED) is 0.879. The van der Waals surface area contributed by atoms with Gasteiger partial charge in [-0.1, -0.05) is 12.1 Å². The molecule has 1 heterocycles. The summed E-state index contributed by atoms with van der Waals surface area (Å²) in [4.78, 5) is 13.9. The molecule has 1 aromatic carbocycles. The third kappa shape index (κ3) is 2.82. The van der Waals surface area contributed by atoms with Gasteiger partial charge in [0.2, 0.25) is 5.91 Å². The molecule has 1 amide bonds. The second kappa shape index (κ2) is 5.40. The number of rotatable bonds is 3. The number of hydrogen-bond acceptors (Lipinski definition) is 3. The average molecular weight is 248 g/mol. The molecule has 4 nitrogen and oxygen atoms in total. The topological polar surface area (TPSA) is 41.6 Å². The second-order valence-corrected chi connectivity index (χ2v) is 4.86. The number of nitrogens with one attached hydrogen (secondary N) is 1. The van der Waals surface area contributed by atoms with Crippen LogP contribution in [0.5, 0.6) is 5.75 Å². The first-order valence-corrected chi connectivity index (χ1v) is 6.27. The van der Waals surface area contributed by atoms with Gasteiger partial charge in [0.05, 0.1) is 13.2 Å². The summed E-state index contributed by atoms with van der Waals surface area (Å²) in [6.07, 6.45) is 0. The molecule has 1 aromatic rings. The minimum Gasteiger partial charge on any atom is -0.497 e. The van der Waals surface area contributed by atoms with Crippen LogP contribution >= 0.6 is 0 Å². The molecule has 1 aliphatic rings.